The number of H-pyrrole nitrogens is 1. The molecule has 0 radical (unpaired) electrons. The molecular weight excluding hydrogens is 432 g/mol. The number of piperazine rings is 1. The molecule has 2 aromatic heterocycles. The normalized spacial score (nSPS) is 15.9. The van der Waals surface area contributed by atoms with Crippen LogP contribution in [-0.2, 0) is 28.3 Å². The molecule has 0 aromatic carbocycles. The lowest BCUT2D eigenvalue weighted by molar-refractivity contribution is -0.133. The van der Waals surface area contributed by atoms with Crippen molar-refractivity contribution in [2.24, 2.45) is 0 Å². The van der Waals surface area contributed by atoms with Gasteiger partial charge in [0.15, 0.2) is 0 Å². The van der Waals surface area contributed by atoms with Gasteiger partial charge in [-0.1, -0.05) is 6.07 Å². The van der Waals surface area contributed by atoms with Crippen LogP contribution < -0.4 is 21.5 Å². The molecule has 2 aromatic rings. The lowest BCUT2D eigenvalue weighted by atomic mass is 10.2. The van der Waals surface area contributed by atoms with Gasteiger partial charge in [0.1, 0.15) is 5.82 Å². The number of nitrogens with zero attached hydrogens (tertiary/aromatic N) is 4. The maximum absolute atomic E-state index is 12.5. The highest BCUT2D eigenvalue weighted by Gasteiger charge is 2.22. The van der Waals surface area contributed by atoms with Crippen molar-refractivity contribution < 1.29 is 9.59 Å². The number of carbonyl (C=O) groups excluding carboxylic acids is 2. The standard InChI is InChI=1S/C21H26N6O4S/c28-18(4-7-27-16-5-12-32-14-15(16)20(30)24-21(27)31)23-13-19(29)26-10-8-25(9-11-26)17-3-1-2-6-22-17/h1-3,6H,4-5,7-14H2,(H,23,28)(H,24,30,31). The molecule has 0 saturated carbocycles. The maximum Gasteiger partial charge on any atom is 0.328 e. The van der Waals surface area contributed by atoms with Gasteiger partial charge in [-0.15, -0.1) is 0 Å². The van der Waals surface area contributed by atoms with Gasteiger partial charge in [-0.25, -0.2) is 9.78 Å². The van der Waals surface area contributed by atoms with Crippen LogP contribution in [0.1, 0.15) is 17.7 Å². The van der Waals surface area contributed by atoms with Crippen molar-refractivity contribution in [3.05, 3.63) is 56.5 Å². The molecule has 32 heavy (non-hydrogen) atoms. The summed E-state index contributed by atoms with van der Waals surface area (Å²) in [6.07, 6.45) is 2.44. The Bertz CT molecular complexity index is 1090. The zero-order valence-corrected chi connectivity index (χ0v) is 18.5. The predicted molar refractivity (Wildman–Crippen MR) is 122 cm³/mol. The van der Waals surface area contributed by atoms with Crippen molar-refractivity contribution in [2.45, 2.75) is 25.1 Å². The van der Waals surface area contributed by atoms with Crippen molar-refractivity contribution in [1.29, 1.82) is 0 Å². The molecule has 11 heteroatoms. The molecule has 2 amide bonds. The van der Waals surface area contributed by atoms with Gasteiger partial charge in [-0.05, 0) is 24.3 Å². The van der Waals surface area contributed by atoms with Crippen LogP contribution in [0.3, 0.4) is 0 Å². The van der Waals surface area contributed by atoms with E-state index < -0.39 is 5.69 Å². The van der Waals surface area contributed by atoms with Crippen molar-refractivity contribution >= 4 is 29.4 Å². The second-order valence-electron chi connectivity index (χ2n) is 7.72. The van der Waals surface area contributed by atoms with Crippen LogP contribution in [0, 0.1) is 0 Å². The molecule has 10 nitrogen and oxygen atoms in total. The van der Waals surface area contributed by atoms with Crippen molar-refractivity contribution in [3.63, 3.8) is 0 Å². The second kappa shape index (κ2) is 10.0. The quantitative estimate of drug-likeness (QED) is 0.603. The Morgan fingerprint density at radius 1 is 1.16 bits per heavy atom. The molecule has 1 saturated heterocycles. The summed E-state index contributed by atoms with van der Waals surface area (Å²) in [5.74, 6) is 1.87. The van der Waals surface area contributed by atoms with Crippen molar-refractivity contribution in [3.8, 4) is 0 Å². The fourth-order valence-electron chi connectivity index (χ4n) is 3.98. The third kappa shape index (κ3) is 5.04. The SMILES string of the molecule is O=C(CCn1c2c(c(=O)[nH]c1=O)CSCC2)NCC(=O)N1CCN(c2ccccn2)CC1. The average molecular weight is 459 g/mol. The summed E-state index contributed by atoms with van der Waals surface area (Å²) in [7, 11) is 0. The number of aromatic amines is 1. The number of pyridine rings is 1. The second-order valence-corrected chi connectivity index (χ2v) is 8.83. The minimum atomic E-state index is -0.490. The summed E-state index contributed by atoms with van der Waals surface area (Å²) >= 11 is 1.65. The highest BCUT2D eigenvalue weighted by Crippen LogP contribution is 2.20. The molecule has 170 valence electrons. The first kappa shape index (κ1) is 22.1. The first-order valence-corrected chi connectivity index (χ1v) is 11.8. The van der Waals surface area contributed by atoms with Crippen LogP contribution in [0.15, 0.2) is 34.0 Å². The first-order chi connectivity index (χ1) is 15.5. The third-order valence-corrected chi connectivity index (χ3v) is 6.73. The Labute approximate surface area is 189 Å². The van der Waals surface area contributed by atoms with Crippen LogP contribution in [0.4, 0.5) is 5.82 Å². The van der Waals surface area contributed by atoms with Crippen LogP contribution >= 0.6 is 11.8 Å². The Morgan fingerprint density at radius 3 is 2.72 bits per heavy atom. The van der Waals surface area contributed by atoms with E-state index in [-0.39, 0.29) is 36.9 Å². The largest absolute Gasteiger partial charge is 0.353 e. The molecule has 2 N–H and O–H groups in total. The van der Waals surface area contributed by atoms with E-state index in [2.05, 4.69) is 20.2 Å². The number of carbonyl (C=O) groups is 2. The van der Waals surface area contributed by atoms with Gasteiger partial charge in [-0.3, -0.25) is 23.9 Å². The monoisotopic (exact) mass is 458 g/mol. The van der Waals surface area contributed by atoms with Crippen molar-refractivity contribution in [1.82, 2.24) is 24.8 Å². The minimum absolute atomic E-state index is 0.0618. The molecule has 4 rings (SSSR count). The van der Waals surface area contributed by atoms with E-state index in [0.29, 0.717) is 49.6 Å². The number of anilines is 1. The summed E-state index contributed by atoms with van der Waals surface area (Å²) in [5.41, 5.74) is 0.496. The lowest BCUT2D eigenvalue weighted by Gasteiger charge is -2.35. The van der Waals surface area contributed by atoms with Gasteiger partial charge in [0, 0.05) is 62.4 Å². The van der Waals surface area contributed by atoms with E-state index in [1.165, 1.54) is 4.57 Å². The fourth-order valence-corrected chi connectivity index (χ4v) is 4.97. The number of hydrogen-bond acceptors (Lipinski definition) is 7. The zero-order valence-electron chi connectivity index (χ0n) is 17.7. The molecule has 0 spiro atoms. The van der Waals surface area contributed by atoms with Gasteiger partial charge >= 0.3 is 5.69 Å². The van der Waals surface area contributed by atoms with E-state index in [0.717, 1.165) is 11.6 Å². The Kier molecular flexibility index (Phi) is 6.93. The van der Waals surface area contributed by atoms with Gasteiger partial charge < -0.3 is 15.1 Å². The molecular formula is C21H26N6O4S. The molecule has 1 fully saturated rings. The van der Waals surface area contributed by atoms with E-state index in [4.69, 9.17) is 0 Å². The van der Waals surface area contributed by atoms with E-state index >= 15 is 0 Å². The molecule has 0 unspecified atom stereocenters. The number of nitrogens with one attached hydrogen (secondary N) is 2. The van der Waals surface area contributed by atoms with Gasteiger partial charge in [0.2, 0.25) is 11.8 Å². The smallest absolute Gasteiger partial charge is 0.328 e. The molecule has 0 atom stereocenters. The van der Waals surface area contributed by atoms with Gasteiger partial charge in [0.05, 0.1) is 6.54 Å². The third-order valence-electron chi connectivity index (χ3n) is 5.75. The maximum atomic E-state index is 12.5. The molecule has 4 heterocycles. The topological polar surface area (TPSA) is 120 Å². The highest BCUT2D eigenvalue weighted by atomic mass is 32.2. The van der Waals surface area contributed by atoms with Crippen molar-refractivity contribution in [2.75, 3.05) is 43.4 Å². The number of fused-ring (bicyclic) bond motifs is 1. The molecule has 0 aliphatic carbocycles. The fraction of sp³-hybridized carbons (Fsp3) is 0.476. The number of rotatable bonds is 6. The first-order valence-electron chi connectivity index (χ1n) is 10.7. The van der Waals surface area contributed by atoms with Crippen LogP contribution in [0.5, 0.6) is 0 Å². The summed E-state index contributed by atoms with van der Waals surface area (Å²) in [6.45, 7) is 2.62. The number of thioether (sulfide) groups is 1. The number of amides is 2. The minimum Gasteiger partial charge on any atom is -0.353 e. The van der Waals surface area contributed by atoms with Crippen LogP contribution in [-0.4, -0.2) is 69.7 Å². The van der Waals surface area contributed by atoms with Gasteiger partial charge in [-0.2, -0.15) is 11.8 Å². The zero-order chi connectivity index (χ0) is 22.5. The Balaban J connectivity index is 1.25. The van der Waals surface area contributed by atoms with E-state index in [9.17, 15) is 19.2 Å². The summed E-state index contributed by atoms with van der Waals surface area (Å²) in [4.78, 5) is 59.5. The Hall–Kier alpha value is -3.08. The molecule has 0 bridgehead atoms. The predicted octanol–water partition coefficient (Wildman–Crippen LogP) is -0.424. The summed E-state index contributed by atoms with van der Waals surface area (Å²) < 4.78 is 1.48. The summed E-state index contributed by atoms with van der Waals surface area (Å²) in [6, 6.07) is 5.75. The summed E-state index contributed by atoms with van der Waals surface area (Å²) in [5, 5.41) is 2.66. The van der Waals surface area contributed by atoms with E-state index in [1.807, 2.05) is 18.2 Å². The number of hydrogen-bond donors (Lipinski definition) is 2. The molecule has 2 aliphatic heterocycles. The lowest BCUT2D eigenvalue weighted by Crippen LogP contribution is -2.51. The number of aromatic nitrogens is 3. The molecule has 2 aliphatic rings. The van der Waals surface area contributed by atoms with E-state index in [1.54, 1.807) is 22.9 Å². The van der Waals surface area contributed by atoms with Gasteiger partial charge in [0.25, 0.3) is 5.56 Å². The average Bonchev–Trinajstić information content (AvgIpc) is 2.83. The van der Waals surface area contributed by atoms with Crippen LogP contribution in [0.25, 0.3) is 0 Å². The highest BCUT2D eigenvalue weighted by molar-refractivity contribution is 7.98. The van der Waals surface area contributed by atoms with Crippen LogP contribution in [0.2, 0.25) is 0 Å². The Morgan fingerprint density at radius 2 is 1.97 bits per heavy atom.